The Hall–Kier alpha value is -3.39. The molecule has 1 aliphatic heterocycles. The number of nitrogens with one attached hydrogen (secondary N) is 2. The van der Waals surface area contributed by atoms with Crippen molar-refractivity contribution >= 4 is 39.3 Å². The fraction of sp³-hybridized carbons (Fsp3) is 0.0952. The van der Waals surface area contributed by atoms with Crippen LogP contribution in [-0.4, -0.2) is 26.8 Å². The zero-order valence-corrected chi connectivity index (χ0v) is 17.0. The lowest BCUT2D eigenvalue weighted by Gasteiger charge is -2.25. The van der Waals surface area contributed by atoms with E-state index in [9.17, 15) is 14.7 Å². The largest absolute Gasteiger partial charge is 0.477 e. The van der Waals surface area contributed by atoms with Crippen molar-refractivity contribution in [3.63, 3.8) is 0 Å². The van der Waals surface area contributed by atoms with Gasteiger partial charge >= 0.3 is 5.97 Å². The lowest BCUT2D eigenvalue weighted by molar-refractivity contribution is -0.132. The maximum absolute atomic E-state index is 12.9. The molecule has 4 rings (SSSR count). The molecule has 1 amide bonds. The molecule has 2 aromatic carbocycles. The van der Waals surface area contributed by atoms with E-state index in [2.05, 4.69) is 31.7 Å². The minimum atomic E-state index is -1.11. The molecule has 0 spiro atoms. The molecule has 1 unspecified atom stereocenters. The van der Waals surface area contributed by atoms with Gasteiger partial charge in [-0.15, -0.1) is 0 Å². The minimum Gasteiger partial charge on any atom is -0.477 e. The van der Waals surface area contributed by atoms with Gasteiger partial charge in [-0.1, -0.05) is 52.3 Å². The summed E-state index contributed by atoms with van der Waals surface area (Å²) < 4.78 is 2.43. The van der Waals surface area contributed by atoms with Crippen molar-refractivity contribution in [2.24, 2.45) is 0 Å². The van der Waals surface area contributed by atoms with Crippen LogP contribution < -0.4 is 10.6 Å². The summed E-state index contributed by atoms with van der Waals surface area (Å²) in [5.74, 6) is -1.15. The summed E-state index contributed by atoms with van der Waals surface area (Å²) in [6, 6.07) is 14.5. The Morgan fingerprint density at radius 1 is 1.17 bits per heavy atom. The maximum Gasteiger partial charge on any atom is 0.352 e. The molecule has 29 heavy (non-hydrogen) atoms. The molecule has 146 valence electrons. The van der Waals surface area contributed by atoms with Crippen molar-refractivity contribution in [2.45, 2.75) is 13.0 Å². The zero-order chi connectivity index (χ0) is 20.5. The highest BCUT2D eigenvalue weighted by Gasteiger charge is 2.30. The third-order valence-corrected chi connectivity index (χ3v) is 5.45. The van der Waals surface area contributed by atoms with Crippen molar-refractivity contribution in [2.75, 3.05) is 10.6 Å². The molecule has 3 aromatic rings. The van der Waals surface area contributed by atoms with Gasteiger partial charge in [0.05, 0.1) is 6.20 Å². The van der Waals surface area contributed by atoms with Crippen LogP contribution in [0.25, 0.3) is 0 Å². The molecule has 3 N–H and O–H groups in total. The van der Waals surface area contributed by atoms with Crippen LogP contribution in [0.2, 0.25) is 0 Å². The number of carboxylic acids is 1. The topological polar surface area (TPSA) is 96.3 Å². The Balaban J connectivity index is 1.75. The Kier molecular flexibility index (Phi) is 4.94. The van der Waals surface area contributed by atoms with Gasteiger partial charge in [0.15, 0.2) is 0 Å². The van der Waals surface area contributed by atoms with Gasteiger partial charge in [0, 0.05) is 10.2 Å². The van der Waals surface area contributed by atoms with E-state index in [1.165, 1.54) is 6.20 Å². The van der Waals surface area contributed by atoms with Crippen LogP contribution >= 0.6 is 15.9 Å². The summed E-state index contributed by atoms with van der Waals surface area (Å²) in [4.78, 5) is 24.6. The number of carbonyl (C=O) groups excluding carboxylic acids is 1. The number of amides is 1. The first kappa shape index (κ1) is 18.9. The first-order chi connectivity index (χ1) is 14.0. The van der Waals surface area contributed by atoms with Crippen molar-refractivity contribution in [1.29, 1.82) is 0 Å². The van der Waals surface area contributed by atoms with Crippen LogP contribution in [0.15, 0.2) is 71.0 Å². The monoisotopic (exact) mass is 452 g/mol. The summed E-state index contributed by atoms with van der Waals surface area (Å²) in [5, 5.41) is 19.6. The number of aromatic nitrogens is 2. The van der Waals surface area contributed by atoms with Crippen molar-refractivity contribution in [1.82, 2.24) is 9.78 Å². The van der Waals surface area contributed by atoms with Crippen molar-refractivity contribution < 1.29 is 14.7 Å². The number of para-hydroxylation sites is 1. The van der Waals surface area contributed by atoms with Crippen LogP contribution in [0.1, 0.15) is 27.5 Å². The average molecular weight is 453 g/mol. The summed E-state index contributed by atoms with van der Waals surface area (Å²) in [6.45, 7) is 1.90. The number of nitrogens with zero attached hydrogens (tertiary/aromatic N) is 2. The number of aliphatic carboxylic acids is 1. The van der Waals surface area contributed by atoms with Crippen molar-refractivity contribution in [3.8, 4) is 0 Å². The van der Waals surface area contributed by atoms with Gasteiger partial charge in [0.2, 0.25) is 0 Å². The average Bonchev–Trinajstić information content (AvgIpc) is 3.13. The smallest absolute Gasteiger partial charge is 0.352 e. The van der Waals surface area contributed by atoms with Gasteiger partial charge in [-0.05, 0) is 36.3 Å². The number of fused-ring (bicyclic) bond motifs is 1. The molecule has 8 heteroatoms. The second-order valence-corrected chi connectivity index (χ2v) is 7.45. The van der Waals surface area contributed by atoms with E-state index in [1.54, 1.807) is 10.8 Å². The molecule has 2 heterocycles. The van der Waals surface area contributed by atoms with Crippen molar-refractivity contribution in [3.05, 3.63) is 87.7 Å². The molecule has 7 nitrogen and oxygen atoms in total. The van der Waals surface area contributed by atoms with E-state index in [1.807, 2.05) is 55.5 Å². The number of hydrogen-bond donors (Lipinski definition) is 3. The number of carboxylic acid groups (broad SMARTS) is 1. The first-order valence-electron chi connectivity index (χ1n) is 8.86. The van der Waals surface area contributed by atoms with Gasteiger partial charge in [-0.25, -0.2) is 9.48 Å². The van der Waals surface area contributed by atoms with E-state index in [0.29, 0.717) is 11.5 Å². The summed E-state index contributed by atoms with van der Waals surface area (Å²) >= 11 is 3.51. The fourth-order valence-electron chi connectivity index (χ4n) is 3.23. The van der Waals surface area contributed by atoms with Gasteiger partial charge < -0.3 is 15.7 Å². The third kappa shape index (κ3) is 3.54. The molecule has 0 fully saturated rings. The lowest BCUT2D eigenvalue weighted by Crippen LogP contribution is -2.25. The lowest BCUT2D eigenvalue weighted by atomic mass is 10.0. The highest BCUT2D eigenvalue weighted by atomic mass is 79.9. The molecule has 1 aromatic heterocycles. The number of benzene rings is 2. The molecular formula is C21H17BrN4O3. The fourth-order valence-corrected chi connectivity index (χ4v) is 3.74. The van der Waals surface area contributed by atoms with Crippen LogP contribution in [0.4, 0.5) is 11.5 Å². The number of hydrogen-bond acceptors (Lipinski definition) is 4. The molecule has 0 saturated carbocycles. The van der Waals surface area contributed by atoms with Gasteiger partial charge in [0.1, 0.15) is 23.1 Å². The maximum atomic E-state index is 12.9. The van der Waals surface area contributed by atoms with Gasteiger partial charge in [0.25, 0.3) is 5.91 Å². The van der Waals surface area contributed by atoms with Crippen LogP contribution in [0.5, 0.6) is 0 Å². The molecule has 0 bridgehead atoms. The van der Waals surface area contributed by atoms with Crippen LogP contribution in [0, 0.1) is 6.92 Å². The summed E-state index contributed by atoms with van der Waals surface area (Å²) in [7, 11) is 0. The number of anilines is 2. The molecule has 0 radical (unpaired) electrons. The highest BCUT2D eigenvalue weighted by molar-refractivity contribution is 9.10. The van der Waals surface area contributed by atoms with Crippen LogP contribution in [-0.2, 0) is 4.79 Å². The normalized spacial score (nSPS) is 15.1. The molecule has 1 aliphatic rings. The first-order valence-corrected chi connectivity index (χ1v) is 9.66. The summed E-state index contributed by atoms with van der Waals surface area (Å²) in [5.41, 5.74) is 2.69. The standard InChI is InChI=1S/C21H17BrN4O3/c1-12-6-2-5-9-16(12)25-20(27)14-11-23-26-18(13-7-3-4-8-15(13)22)10-17(21(28)29)24-19(14)26/h2-11,18,24H,1H3,(H,25,27)(H,28,29). The van der Waals surface area contributed by atoms with E-state index < -0.39 is 12.0 Å². The van der Waals surface area contributed by atoms with E-state index in [-0.39, 0.29) is 17.2 Å². The van der Waals surface area contributed by atoms with E-state index in [4.69, 9.17) is 0 Å². The number of allylic oxidation sites excluding steroid dienone is 1. The SMILES string of the molecule is Cc1ccccc1NC(=O)c1cnn2c1NC(C(=O)O)=CC2c1ccccc1Br. The van der Waals surface area contributed by atoms with E-state index >= 15 is 0 Å². The predicted octanol–water partition coefficient (Wildman–Crippen LogP) is 4.19. The number of halogens is 1. The number of carbonyl (C=O) groups is 2. The molecule has 0 aliphatic carbocycles. The van der Waals surface area contributed by atoms with Gasteiger partial charge in [-0.2, -0.15) is 5.10 Å². The number of rotatable bonds is 4. The Bertz CT molecular complexity index is 1150. The number of aryl methyl sites for hydroxylation is 1. The molecule has 1 atom stereocenters. The Labute approximate surface area is 175 Å². The quantitative estimate of drug-likeness (QED) is 0.551. The Morgan fingerprint density at radius 3 is 2.62 bits per heavy atom. The highest BCUT2D eigenvalue weighted by Crippen LogP contribution is 2.35. The predicted molar refractivity (Wildman–Crippen MR) is 113 cm³/mol. The second kappa shape index (κ2) is 7.56. The van der Waals surface area contributed by atoms with Crippen LogP contribution in [0.3, 0.4) is 0 Å². The van der Waals surface area contributed by atoms with E-state index in [0.717, 1.165) is 15.6 Å². The Morgan fingerprint density at radius 2 is 1.90 bits per heavy atom. The van der Waals surface area contributed by atoms with Gasteiger partial charge in [-0.3, -0.25) is 4.79 Å². The second-order valence-electron chi connectivity index (χ2n) is 6.60. The molecule has 0 saturated heterocycles. The summed E-state index contributed by atoms with van der Waals surface area (Å²) in [6.07, 6.45) is 3.02. The zero-order valence-electron chi connectivity index (χ0n) is 15.4. The minimum absolute atomic E-state index is 0.0105. The third-order valence-electron chi connectivity index (χ3n) is 4.73. The molecular weight excluding hydrogens is 436 g/mol.